The Balaban J connectivity index is 1.45. The molecule has 1 fully saturated rings. The Bertz CT molecular complexity index is 819. The van der Waals surface area contributed by atoms with Gasteiger partial charge in [0.05, 0.1) is 0 Å². The van der Waals surface area contributed by atoms with E-state index in [1.807, 2.05) is 44.2 Å². The highest BCUT2D eigenvalue weighted by atomic mass is 16.2. The SMILES string of the molecule is CC(C)NC(=O)CCNC(=O)N1CCN(C(=O)c2cc3ccccc3[nH]2)CC1. The van der Waals surface area contributed by atoms with Gasteiger partial charge < -0.3 is 25.4 Å². The standard InChI is InChI=1S/C20H27N5O3/c1-14(2)22-18(26)7-8-21-20(28)25-11-9-24(10-12-25)19(27)17-13-15-5-3-4-6-16(15)23-17/h3-6,13-14,23H,7-12H2,1-2H3,(H,21,28)(H,22,26). The highest BCUT2D eigenvalue weighted by molar-refractivity contribution is 5.98. The molecule has 1 aromatic heterocycles. The molecule has 1 aromatic carbocycles. The first-order chi connectivity index (χ1) is 13.4. The first-order valence-electron chi connectivity index (χ1n) is 9.63. The zero-order chi connectivity index (χ0) is 20.1. The number of fused-ring (bicyclic) bond motifs is 1. The number of carbonyl (C=O) groups is 3. The van der Waals surface area contributed by atoms with E-state index in [4.69, 9.17) is 0 Å². The molecular formula is C20H27N5O3. The van der Waals surface area contributed by atoms with Crippen LogP contribution in [-0.2, 0) is 4.79 Å². The van der Waals surface area contributed by atoms with Crippen molar-refractivity contribution in [2.45, 2.75) is 26.3 Å². The number of aromatic nitrogens is 1. The van der Waals surface area contributed by atoms with Crippen LogP contribution in [0.5, 0.6) is 0 Å². The first kappa shape index (κ1) is 19.7. The lowest BCUT2D eigenvalue weighted by atomic mass is 10.2. The van der Waals surface area contributed by atoms with Crippen molar-refractivity contribution in [1.82, 2.24) is 25.4 Å². The maximum atomic E-state index is 12.7. The molecule has 0 unspecified atom stereocenters. The van der Waals surface area contributed by atoms with E-state index in [0.717, 1.165) is 10.9 Å². The molecule has 0 radical (unpaired) electrons. The maximum Gasteiger partial charge on any atom is 0.317 e. The lowest BCUT2D eigenvalue weighted by Gasteiger charge is -2.34. The van der Waals surface area contributed by atoms with Gasteiger partial charge in [0, 0.05) is 56.1 Å². The normalized spacial score (nSPS) is 14.4. The highest BCUT2D eigenvalue weighted by Crippen LogP contribution is 2.16. The van der Waals surface area contributed by atoms with Gasteiger partial charge in [0.2, 0.25) is 5.91 Å². The second kappa shape index (κ2) is 8.77. The summed E-state index contributed by atoms with van der Waals surface area (Å²) in [4.78, 5) is 43.1. The molecule has 2 heterocycles. The van der Waals surface area contributed by atoms with Crippen LogP contribution in [0.2, 0.25) is 0 Å². The molecule has 3 rings (SSSR count). The van der Waals surface area contributed by atoms with Gasteiger partial charge in [-0.25, -0.2) is 4.79 Å². The number of benzene rings is 1. The number of urea groups is 1. The molecule has 4 amide bonds. The van der Waals surface area contributed by atoms with Crippen molar-refractivity contribution in [2.24, 2.45) is 0 Å². The second-order valence-corrected chi connectivity index (χ2v) is 7.25. The summed E-state index contributed by atoms with van der Waals surface area (Å²) in [6.07, 6.45) is 0.253. The predicted octanol–water partition coefficient (Wildman–Crippen LogP) is 1.55. The maximum absolute atomic E-state index is 12.7. The lowest BCUT2D eigenvalue weighted by molar-refractivity contribution is -0.121. The number of aromatic amines is 1. The summed E-state index contributed by atoms with van der Waals surface area (Å²) >= 11 is 0. The minimum absolute atomic E-state index is 0.0541. The van der Waals surface area contributed by atoms with Crippen LogP contribution in [0, 0.1) is 0 Å². The number of rotatable bonds is 5. The summed E-state index contributed by atoms with van der Waals surface area (Å²) in [6.45, 7) is 5.99. The van der Waals surface area contributed by atoms with E-state index in [1.165, 1.54) is 0 Å². The van der Waals surface area contributed by atoms with Crippen molar-refractivity contribution in [1.29, 1.82) is 0 Å². The Labute approximate surface area is 164 Å². The van der Waals surface area contributed by atoms with E-state index in [-0.39, 0.29) is 30.3 Å². The number of H-pyrrole nitrogens is 1. The van der Waals surface area contributed by atoms with Crippen LogP contribution in [0.15, 0.2) is 30.3 Å². The number of carbonyl (C=O) groups excluding carboxylic acids is 3. The molecule has 0 saturated carbocycles. The Morgan fingerprint density at radius 2 is 1.75 bits per heavy atom. The molecule has 8 nitrogen and oxygen atoms in total. The summed E-state index contributed by atoms with van der Waals surface area (Å²) in [5.41, 5.74) is 1.50. The molecule has 2 aromatic rings. The van der Waals surface area contributed by atoms with Crippen molar-refractivity contribution >= 4 is 28.7 Å². The number of nitrogens with zero attached hydrogens (tertiary/aromatic N) is 2. The molecule has 0 atom stereocenters. The van der Waals surface area contributed by atoms with E-state index < -0.39 is 0 Å². The van der Waals surface area contributed by atoms with Gasteiger partial charge in [-0.2, -0.15) is 0 Å². The molecule has 0 aliphatic carbocycles. The largest absolute Gasteiger partial charge is 0.354 e. The fourth-order valence-electron chi connectivity index (χ4n) is 3.26. The van der Waals surface area contributed by atoms with Crippen LogP contribution >= 0.6 is 0 Å². The monoisotopic (exact) mass is 385 g/mol. The van der Waals surface area contributed by atoms with Gasteiger partial charge in [0.15, 0.2) is 0 Å². The molecular weight excluding hydrogens is 358 g/mol. The number of amides is 4. The number of para-hydroxylation sites is 1. The van der Waals surface area contributed by atoms with Crippen LogP contribution in [0.1, 0.15) is 30.8 Å². The quantitative estimate of drug-likeness (QED) is 0.728. The zero-order valence-corrected chi connectivity index (χ0v) is 16.3. The van der Waals surface area contributed by atoms with Crippen LogP contribution in [-0.4, -0.2) is 71.4 Å². The van der Waals surface area contributed by atoms with Gasteiger partial charge in [-0.1, -0.05) is 18.2 Å². The summed E-state index contributed by atoms with van der Waals surface area (Å²) in [6, 6.07) is 9.52. The van der Waals surface area contributed by atoms with Crippen LogP contribution in [0.3, 0.4) is 0 Å². The van der Waals surface area contributed by atoms with Gasteiger partial charge >= 0.3 is 6.03 Å². The van der Waals surface area contributed by atoms with E-state index >= 15 is 0 Å². The minimum atomic E-state index is -0.199. The summed E-state index contributed by atoms with van der Waals surface area (Å²) in [5, 5.41) is 6.56. The number of hydrogen-bond acceptors (Lipinski definition) is 3. The Morgan fingerprint density at radius 3 is 2.43 bits per heavy atom. The Kier molecular flexibility index (Phi) is 6.18. The van der Waals surface area contributed by atoms with Crippen molar-refractivity contribution in [3.8, 4) is 0 Å². The van der Waals surface area contributed by atoms with Gasteiger partial charge in [0.25, 0.3) is 5.91 Å². The van der Waals surface area contributed by atoms with E-state index in [9.17, 15) is 14.4 Å². The molecule has 0 spiro atoms. The van der Waals surface area contributed by atoms with Gasteiger partial charge in [0.1, 0.15) is 5.69 Å². The van der Waals surface area contributed by atoms with Crippen LogP contribution < -0.4 is 10.6 Å². The number of nitrogens with one attached hydrogen (secondary N) is 3. The first-order valence-corrected chi connectivity index (χ1v) is 9.63. The smallest absolute Gasteiger partial charge is 0.317 e. The molecule has 28 heavy (non-hydrogen) atoms. The third-order valence-corrected chi connectivity index (χ3v) is 4.69. The van der Waals surface area contributed by atoms with E-state index in [2.05, 4.69) is 15.6 Å². The van der Waals surface area contributed by atoms with E-state index in [1.54, 1.807) is 9.80 Å². The van der Waals surface area contributed by atoms with Gasteiger partial charge in [-0.05, 0) is 26.0 Å². The lowest BCUT2D eigenvalue weighted by Crippen LogP contribution is -2.53. The van der Waals surface area contributed by atoms with Crippen LogP contribution in [0.4, 0.5) is 4.79 Å². The summed E-state index contributed by atoms with van der Waals surface area (Å²) in [7, 11) is 0. The second-order valence-electron chi connectivity index (χ2n) is 7.25. The van der Waals surface area contributed by atoms with E-state index in [0.29, 0.717) is 38.4 Å². The third-order valence-electron chi connectivity index (χ3n) is 4.69. The zero-order valence-electron chi connectivity index (χ0n) is 16.3. The van der Waals surface area contributed by atoms with Crippen molar-refractivity contribution < 1.29 is 14.4 Å². The van der Waals surface area contributed by atoms with Crippen molar-refractivity contribution in [3.63, 3.8) is 0 Å². The summed E-state index contributed by atoms with van der Waals surface area (Å²) in [5.74, 6) is -0.134. The fourth-order valence-corrected chi connectivity index (χ4v) is 3.26. The Morgan fingerprint density at radius 1 is 1.07 bits per heavy atom. The Hall–Kier alpha value is -3.03. The van der Waals surface area contributed by atoms with Gasteiger partial charge in [-0.15, -0.1) is 0 Å². The number of hydrogen-bond donors (Lipinski definition) is 3. The molecule has 1 aliphatic heterocycles. The third kappa shape index (κ3) is 4.82. The highest BCUT2D eigenvalue weighted by Gasteiger charge is 2.25. The minimum Gasteiger partial charge on any atom is -0.354 e. The molecule has 150 valence electrons. The van der Waals surface area contributed by atoms with Gasteiger partial charge in [-0.3, -0.25) is 9.59 Å². The predicted molar refractivity (Wildman–Crippen MR) is 107 cm³/mol. The average Bonchev–Trinajstić information content (AvgIpc) is 3.11. The summed E-state index contributed by atoms with van der Waals surface area (Å²) < 4.78 is 0. The molecule has 0 bridgehead atoms. The molecule has 1 aliphatic rings. The fraction of sp³-hybridized carbons (Fsp3) is 0.450. The average molecular weight is 385 g/mol. The van der Waals surface area contributed by atoms with Crippen LogP contribution in [0.25, 0.3) is 10.9 Å². The molecule has 1 saturated heterocycles. The molecule has 3 N–H and O–H groups in total. The van der Waals surface area contributed by atoms with Crippen molar-refractivity contribution in [3.05, 3.63) is 36.0 Å². The van der Waals surface area contributed by atoms with Crippen molar-refractivity contribution in [2.75, 3.05) is 32.7 Å². The molecule has 8 heteroatoms. The topological polar surface area (TPSA) is 97.5 Å². The number of piperazine rings is 1.